The molecule has 1 fully saturated rings. The van der Waals surface area contributed by atoms with E-state index in [-0.39, 0.29) is 23.4 Å². The summed E-state index contributed by atoms with van der Waals surface area (Å²) in [6, 6.07) is 13.6. The molecule has 0 spiro atoms. The number of nitrogens with two attached hydrogens (primary N) is 1. The van der Waals surface area contributed by atoms with Crippen molar-refractivity contribution >= 4 is 17.5 Å². The maximum absolute atomic E-state index is 14.4. The van der Waals surface area contributed by atoms with Gasteiger partial charge in [-0.25, -0.2) is 4.39 Å². The largest absolute Gasteiger partial charge is 0.336 e. The molecule has 2 atom stereocenters. The van der Waals surface area contributed by atoms with Crippen LogP contribution in [0.1, 0.15) is 42.6 Å². The molecule has 0 aliphatic carbocycles. The lowest BCUT2D eigenvalue weighted by molar-refractivity contribution is -0.123. The maximum atomic E-state index is 14.4. The Hall–Kier alpha value is -2.73. The van der Waals surface area contributed by atoms with Gasteiger partial charge in [0.1, 0.15) is 5.82 Å². The van der Waals surface area contributed by atoms with E-state index >= 15 is 0 Å². The van der Waals surface area contributed by atoms with Crippen LogP contribution in [0, 0.1) is 11.2 Å². The zero-order valence-corrected chi connectivity index (χ0v) is 16.4. The average molecular weight is 383 g/mol. The minimum absolute atomic E-state index is 0.0111. The summed E-state index contributed by atoms with van der Waals surface area (Å²) in [5.74, 6) is -1.23. The molecule has 3 N–H and O–H groups in total. The first-order valence-corrected chi connectivity index (χ1v) is 9.37. The molecule has 6 heteroatoms. The van der Waals surface area contributed by atoms with Crippen LogP contribution in [0.15, 0.2) is 48.5 Å². The average Bonchev–Trinajstić information content (AvgIpc) is 3.04. The van der Waals surface area contributed by atoms with Gasteiger partial charge in [0, 0.05) is 36.2 Å². The Kier molecular flexibility index (Phi) is 5.52. The third-order valence-electron chi connectivity index (χ3n) is 5.02. The highest BCUT2D eigenvalue weighted by Gasteiger charge is 2.35. The van der Waals surface area contributed by atoms with E-state index in [1.54, 1.807) is 25.7 Å². The number of benzene rings is 2. The number of nitrogens with one attached hydrogen (secondary N) is 1. The van der Waals surface area contributed by atoms with Gasteiger partial charge in [-0.3, -0.25) is 9.59 Å². The minimum Gasteiger partial charge on any atom is -0.336 e. The van der Waals surface area contributed by atoms with Crippen molar-refractivity contribution in [3.8, 4) is 0 Å². The molecule has 2 aromatic carbocycles. The molecule has 28 heavy (non-hydrogen) atoms. The van der Waals surface area contributed by atoms with E-state index in [4.69, 9.17) is 5.73 Å². The van der Waals surface area contributed by atoms with Crippen LogP contribution < -0.4 is 11.1 Å². The molecule has 148 valence electrons. The van der Waals surface area contributed by atoms with Gasteiger partial charge in [-0.05, 0) is 23.8 Å². The normalized spacial score (nSPS) is 19.5. The molecule has 1 heterocycles. The highest BCUT2D eigenvalue weighted by Crippen LogP contribution is 2.28. The van der Waals surface area contributed by atoms with Crippen molar-refractivity contribution in [2.45, 2.75) is 32.7 Å². The van der Waals surface area contributed by atoms with E-state index in [2.05, 4.69) is 5.32 Å². The minimum atomic E-state index is -0.615. The molecule has 1 saturated heterocycles. The summed E-state index contributed by atoms with van der Waals surface area (Å²) in [6.07, 6.45) is 0. The summed E-state index contributed by atoms with van der Waals surface area (Å²) in [6.45, 7) is 6.15. The Morgan fingerprint density at radius 1 is 1.11 bits per heavy atom. The summed E-state index contributed by atoms with van der Waals surface area (Å²) in [7, 11) is 0. The summed E-state index contributed by atoms with van der Waals surface area (Å²) >= 11 is 0. The molecule has 3 rings (SSSR count). The number of rotatable bonds is 3. The fraction of sp³-hybridized carbons (Fsp3) is 0.364. The highest BCUT2D eigenvalue weighted by atomic mass is 19.1. The van der Waals surface area contributed by atoms with Crippen LogP contribution >= 0.6 is 0 Å². The van der Waals surface area contributed by atoms with E-state index in [0.29, 0.717) is 18.8 Å². The van der Waals surface area contributed by atoms with Crippen LogP contribution in [0.25, 0.3) is 0 Å². The van der Waals surface area contributed by atoms with Crippen molar-refractivity contribution < 1.29 is 14.0 Å². The van der Waals surface area contributed by atoms with Crippen molar-refractivity contribution in [2.75, 3.05) is 18.4 Å². The third kappa shape index (κ3) is 4.22. The Bertz CT molecular complexity index is 877. The molecule has 0 radical (unpaired) electrons. The van der Waals surface area contributed by atoms with E-state index in [1.165, 1.54) is 18.2 Å². The van der Waals surface area contributed by atoms with Crippen molar-refractivity contribution in [1.29, 1.82) is 0 Å². The number of likely N-dealkylation sites (tertiary alicyclic amines) is 1. The number of anilines is 1. The van der Waals surface area contributed by atoms with Crippen LogP contribution in [-0.2, 0) is 4.79 Å². The monoisotopic (exact) mass is 383 g/mol. The Balaban J connectivity index is 1.79. The fourth-order valence-electron chi connectivity index (χ4n) is 3.30. The summed E-state index contributed by atoms with van der Waals surface area (Å²) in [5, 5.41) is 2.74. The summed E-state index contributed by atoms with van der Waals surface area (Å²) in [4.78, 5) is 26.7. The van der Waals surface area contributed by atoms with Gasteiger partial charge in [-0.2, -0.15) is 0 Å². The van der Waals surface area contributed by atoms with Gasteiger partial charge >= 0.3 is 0 Å². The quantitative estimate of drug-likeness (QED) is 0.853. The van der Waals surface area contributed by atoms with Crippen molar-refractivity contribution in [2.24, 2.45) is 11.1 Å². The van der Waals surface area contributed by atoms with E-state index in [9.17, 15) is 14.0 Å². The number of hydrogen-bond donors (Lipinski definition) is 2. The van der Waals surface area contributed by atoms with E-state index in [0.717, 1.165) is 5.56 Å². The molecule has 0 saturated carbocycles. The molecular formula is C22H26FN3O2. The maximum Gasteiger partial charge on any atom is 0.256 e. The number of hydrogen-bond acceptors (Lipinski definition) is 3. The van der Waals surface area contributed by atoms with Crippen LogP contribution in [-0.4, -0.2) is 35.8 Å². The van der Waals surface area contributed by atoms with Gasteiger partial charge in [0.25, 0.3) is 5.91 Å². The molecule has 0 unspecified atom stereocenters. The number of nitrogens with zero attached hydrogens (tertiary/aromatic N) is 1. The van der Waals surface area contributed by atoms with Crippen LogP contribution in [0.4, 0.5) is 10.1 Å². The molecule has 0 bridgehead atoms. The van der Waals surface area contributed by atoms with Crippen LogP contribution in [0.5, 0.6) is 0 Å². The second kappa shape index (κ2) is 7.72. The molecule has 1 aliphatic heterocycles. The second-order valence-electron chi connectivity index (χ2n) is 8.29. The molecule has 0 aromatic heterocycles. The highest BCUT2D eigenvalue weighted by molar-refractivity contribution is 5.98. The second-order valence-corrected chi connectivity index (χ2v) is 8.29. The predicted octanol–water partition coefficient (Wildman–Crippen LogP) is 3.38. The SMILES string of the molecule is CC(C)(C)C(=O)Nc1ccc(F)c(C(=O)N2C[C@@H](N)[C@H](c3ccccc3)C2)c1. The third-order valence-corrected chi connectivity index (χ3v) is 5.02. The van der Waals surface area contributed by atoms with Crippen molar-refractivity contribution in [1.82, 2.24) is 4.90 Å². The van der Waals surface area contributed by atoms with Crippen LogP contribution in [0.2, 0.25) is 0 Å². The van der Waals surface area contributed by atoms with Gasteiger partial charge in [-0.1, -0.05) is 51.1 Å². The van der Waals surface area contributed by atoms with Crippen molar-refractivity contribution in [3.63, 3.8) is 0 Å². The fourth-order valence-corrected chi connectivity index (χ4v) is 3.30. The lowest BCUT2D eigenvalue weighted by Gasteiger charge is -2.20. The number of carbonyl (C=O) groups is 2. The lowest BCUT2D eigenvalue weighted by Crippen LogP contribution is -2.33. The van der Waals surface area contributed by atoms with Gasteiger partial charge in [0.05, 0.1) is 5.56 Å². The zero-order valence-electron chi connectivity index (χ0n) is 16.4. The van der Waals surface area contributed by atoms with Crippen molar-refractivity contribution in [3.05, 3.63) is 65.5 Å². The first-order valence-electron chi connectivity index (χ1n) is 9.37. The Labute approximate surface area is 164 Å². The molecule has 2 amide bonds. The smallest absolute Gasteiger partial charge is 0.256 e. The van der Waals surface area contributed by atoms with Gasteiger partial charge in [0.15, 0.2) is 0 Å². The molecule has 2 aromatic rings. The Morgan fingerprint density at radius 2 is 1.79 bits per heavy atom. The summed E-state index contributed by atoms with van der Waals surface area (Å²) in [5.41, 5.74) is 7.06. The first-order chi connectivity index (χ1) is 13.2. The molecular weight excluding hydrogens is 357 g/mol. The van der Waals surface area contributed by atoms with E-state index < -0.39 is 17.1 Å². The number of halogens is 1. The first kappa shape index (κ1) is 20.0. The Morgan fingerprint density at radius 3 is 2.43 bits per heavy atom. The van der Waals surface area contributed by atoms with E-state index in [1.807, 2.05) is 30.3 Å². The predicted molar refractivity (Wildman–Crippen MR) is 108 cm³/mol. The standard InChI is InChI=1S/C22H26FN3O2/c1-22(2,3)21(28)25-15-9-10-18(23)16(11-15)20(27)26-12-17(19(24)13-26)14-7-5-4-6-8-14/h4-11,17,19H,12-13,24H2,1-3H3,(H,25,28)/t17-,19+/m0/s1. The lowest BCUT2D eigenvalue weighted by atomic mass is 9.95. The number of carbonyl (C=O) groups excluding carboxylic acids is 2. The zero-order chi connectivity index (χ0) is 20.5. The van der Waals surface area contributed by atoms with Gasteiger partial charge < -0.3 is 16.0 Å². The van der Waals surface area contributed by atoms with Gasteiger partial charge in [-0.15, -0.1) is 0 Å². The van der Waals surface area contributed by atoms with Crippen LogP contribution in [0.3, 0.4) is 0 Å². The molecule has 1 aliphatic rings. The number of amides is 2. The molecule has 5 nitrogen and oxygen atoms in total. The topological polar surface area (TPSA) is 75.4 Å². The van der Waals surface area contributed by atoms with Gasteiger partial charge in [0.2, 0.25) is 5.91 Å². The summed E-state index contributed by atoms with van der Waals surface area (Å²) < 4.78 is 14.4.